The van der Waals surface area contributed by atoms with Crippen LogP contribution in [0.1, 0.15) is 174 Å². The Labute approximate surface area is 308 Å². The van der Waals surface area contributed by atoms with E-state index in [1.807, 2.05) is 0 Å². The molecule has 0 spiro atoms. The molecule has 1 heterocycles. The van der Waals surface area contributed by atoms with Gasteiger partial charge in [-0.25, -0.2) is 0 Å². The van der Waals surface area contributed by atoms with Crippen LogP contribution in [0.3, 0.4) is 0 Å². The smallest absolute Gasteiger partial charge is 0.0440 e. The van der Waals surface area contributed by atoms with Crippen LogP contribution in [0.4, 0.5) is 5.69 Å². The van der Waals surface area contributed by atoms with Crippen molar-refractivity contribution in [2.75, 3.05) is 0 Å². The van der Waals surface area contributed by atoms with Crippen molar-refractivity contribution in [2.45, 2.75) is 140 Å². The van der Waals surface area contributed by atoms with Gasteiger partial charge in [-0.15, -0.1) is 5.69 Å². The molecule has 0 N–H and O–H groups in total. The van der Waals surface area contributed by atoms with Crippen molar-refractivity contribution in [1.29, 1.82) is 0 Å². The summed E-state index contributed by atoms with van der Waals surface area (Å²) < 4.78 is 0. The zero-order valence-corrected chi connectivity index (χ0v) is 33.9. The number of benzene rings is 2. The summed E-state index contributed by atoms with van der Waals surface area (Å²) in [5.74, 6) is 4.07. The van der Waals surface area contributed by atoms with Crippen LogP contribution >= 0.6 is 0 Å². The van der Waals surface area contributed by atoms with Crippen molar-refractivity contribution in [2.24, 2.45) is 11.8 Å². The summed E-state index contributed by atoms with van der Waals surface area (Å²) in [4.78, 5) is 5.62. The average molecular weight is 797 g/mol. The summed E-state index contributed by atoms with van der Waals surface area (Å²) in [5.41, 5.74) is 9.61. The molecule has 4 fully saturated rings. The molecule has 4 aliphatic carbocycles. The Kier molecular flexibility index (Phi) is 15.5. The van der Waals surface area contributed by atoms with Crippen LogP contribution in [0.15, 0.2) is 60.7 Å². The van der Waals surface area contributed by atoms with Gasteiger partial charge in [0.1, 0.15) is 0 Å². The van der Waals surface area contributed by atoms with Gasteiger partial charge < -0.3 is 27.6 Å². The van der Waals surface area contributed by atoms with Crippen LogP contribution in [0, 0.1) is 34.1 Å². The molecule has 0 bridgehead atoms. The first-order valence-electron chi connectivity index (χ1n) is 18.1. The summed E-state index contributed by atoms with van der Waals surface area (Å²) in [6.45, 7) is 4.67. The predicted octanol–water partition coefficient (Wildman–Crippen LogP) is 13.7. The molecule has 47 heavy (non-hydrogen) atoms. The van der Waals surface area contributed by atoms with Crippen molar-refractivity contribution < 1.29 is 25.8 Å². The predicted molar refractivity (Wildman–Crippen MR) is 200 cm³/mol. The van der Waals surface area contributed by atoms with Crippen LogP contribution < -0.4 is 0 Å². The first kappa shape index (κ1) is 39.7. The molecule has 2 aromatic carbocycles. The van der Waals surface area contributed by atoms with Crippen molar-refractivity contribution in [1.82, 2.24) is 4.98 Å². The Morgan fingerprint density at radius 1 is 0.596 bits per heavy atom. The topological polar surface area (TPSA) is 27.0 Å². The molecule has 0 aliphatic heterocycles. The molecule has 3 heteroatoms. The third kappa shape index (κ3) is 8.53. The van der Waals surface area contributed by atoms with E-state index in [0.29, 0.717) is 23.7 Å². The Morgan fingerprint density at radius 3 is 1.79 bits per heavy atom. The molecule has 1 aromatic heterocycles. The van der Waals surface area contributed by atoms with Crippen LogP contribution in [-0.4, -0.2) is 4.98 Å². The number of hydrogen-bond acceptors (Lipinski definition) is 1. The molecule has 0 radical (unpaired) electrons. The van der Waals surface area contributed by atoms with Crippen LogP contribution in [-0.2, 0) is 25.8 Å². The van der Waals surface area contributed by atoms with Crippen LogP contribution in [0.5, 0.6) is 0 Å². The second kappa shape index (κ2) is 18.3. The summed E-state index contributed by atoms with van der Waals surface area (Å²) in [6, 6.07) is 23.2. The average Bonchev–Trinajstić information content (AvgIpc) is 3.79. The number of hydrogen-bond donors (Lipinski definition) is 0. The fraction of sp³-hybridized carbons (Fsp3) is 0.545. The van der Waals surface area contributed by atoms with E-state index in [1.165, 1.54) is 130 Å². The fourth-order valence-corrected chi connectivity index (χ4v) is 9.70. The van der Waals surface area contributed by atoms with E-state index in [0.717, 1.165) is 17.5 Å². The van der Waals surface area contributed by atoms with E-state index in [9.17, 15) is 0 Å². The normalized spacial score (nSPS) is 23.4. The van der Waals surface area contributed by atoms with Gasteiger partial charge in [0, 0.05) is 43.1 Å². The van der Waals surface area contributed by atoms with Crippen molar-refractivity contribution in [3.05, 3.63) is 122 Å². The zero-order chi connectivity index (χ0) is 29.2. The molecule has 4 saturated carbocycles. The summed E-state index contributed by atoms with van der Waals surface area (Å²) >= 11 is 0. The second-order valence-electron chi connectivity index (χ2n) is 14.8. The van der Waals surface area contributed by atoms with Gasteiger partial charge >= 0.3 is 0 Å². The molecule has 3 aromatic rings. The van der Waals surface area contributed by atoms with Crippen molar-refractivity contribution in [3.63, 3.8) is 0 Å². The number of para-hydroxylation sites is 1. The standard InChI is InChI=1S/C41H53N2.3CH3.Hf/c1-28(2)32-20-9-10-22-37(32)41(39-27-13-26-38(42-39)36-25-11-19-29-14-7-8-21-33(29)36)43-40-34(30-15-3-4-16-30)23-12-24-35(40)31-17-5-6-18-31;;;;/h9-10,12-13,20,22-24,26-31,33,36,41H,3-8,11,14-19,21,25H2,1-2H3;3*1H3;/q4*-1;. The van der Waals surface area contributed by atoms with Gasteiger partial charge in [0.05, 0.1) is 0 Å². The number of pyridine rings is 1. The molecular formula is C44H62HfN2-4. The Hall–Kier alpha value is -1.74. The largest absolute Gasteiger partial charge is 0.673 e. The second-order valence-corrected chi connectivity index (χ2v) is 14.8. The Morgan fingerprint density at radius 2 is 1.15 bits per heavy atom. The third-order valence-corrected chi connectivity index (χ3v) is 11.9. The molecule has 4 aliphatic rings. The fourth-order valence-electron chi connectivity index (χ4n) is 9.70. The van der Waals surface area contributed by atoms with E-state index >= 15 is 0 Å². The van der Waals surface area contributed by atoms with Gasteiger partial charge in [-0.3, -0.25) is 4.98 Å². The van der Waals surface area contributed by atoms with Gasteiger partial charge in [0.25, 0.3) is 0 Å². The Bertz CT molecular complexity index is 1330. The molecular weight excluding hydrogens is 735 g/mol. The van der Waals surface area contributed by atoms with E-state index < -0.39 is 0 Å². The SMILES string of the molecule is CC(C)c1ccccc1C([N-]c1c(C2CCCC2)cccc1C1CCCC1)c1cccc(C2CCCC3CCCCC32)n1.[CH3-].[CH3-].[CH3-].[Hf]. The van der Waals surface area contributed by atoms with E-state index in [2.05, 4.69) is 74.5 Å². The van der Waals surface area contributed by atoms with E-state index in [4.69, 9.17) is 10.3 Å². The number of rotatable bonds is 8. The van der Waals surface area contributed by atoms with Gasteiger partial charge in [-0.2, -0.15) is 0 Å². The maximum absolute atomic E-state index is 5.94. The van der Waals surface area contributed by atoms with Crippen molar-refractivity contribution in [3.8, 4) is 0 Å². The molecule has 2 nitrogen and oxygen atoms in total. The zero-order valence-electron chi connectivity index (χ0n) is 30.3. The first-order chi connectivity index (χ1) is 21.2. The summed E-state index contributed by atoms with van der Waals surface area (Å²) in [7, 11) is 0. The quantitative estimate of drug-likeness (QED) is 0.165. The molecule has 0 saturated heterocycles. The minimum Gasteiger partial charge on any atom is -0.673 e. The third-order valence-electron chi connectivity index (χ3n) is 11.9. The maximum Gasteiger partial charge on any atom is 0.0440 e. The number of aromatic nitrogens is 1. The van der Waals surface area contributed by atoms with E-state index in [-0.39, 0.29) is 54.2 Å². The Balaban J connectivity index is 0.00000150. The van der Waals surface area contributed by atoms with Crippen LogP contribution in [0.25, 0.3) is 5.32 Å². The maximum atomic E-state index is 5.94. The van der Waals surface area contributed by atoms with Gasteiger partial charge in [0.2, 0.25) is 0 Å². The molecule has 7 rings (SSSR count). The summed E-state index contributed by atoms with van der Waals surface area (Å²) in [6.07, 6.45) is 20.4. The van der Waals surface area contributed by atoms with Gasteiger partial charge in [-0.05, 0) is 91.9 Å². The first-order valence-corrected chi connectivity index (χ1v) is 18.1. The van der Waals surface area contributed by atoms with Gasteiger partial charge in [-0.1, -0.05) is 137 Å². The number of fused-ring (bicyclic) bond motifs is 1. The minimum atomic E-state index is -0.0769. The van der Waals surface area contributed by atoms with E-state index in [1.54, 1.807) is 0 Å². The van der Waals surface area contributed by atoms with Gasteiger partial charge in [0.15, 0.2) is 0 Å². The van der Waals surface area contributed by atoms with Crippen molar-refractivity contribution >= 4 is 5.69 Å². The molecule has 4 atom stereocenters. The van der Waals surface area contributed by atoms with Crippen LogP contribution in [0.2, 0.25) is 0 Å². The molecule has 0 amide bonds. The molecule has 4 unspecified atom stereocenters. The monoisotopic (exact) mass is 798 g/mol. The summed E-state index contributed by atoms with van der Waals surface area (Å²) in [5, 5.41) is 5.94. The molecule has 256 valence electrons. The minimum absolute atomic E-state index is 0. The number of nitrogens with zero attached hydrogens (tertiary/aromatic N) is 2.